The summed E-state index contributed by atoms with van der Waals surface area (Å²) in [6.45, 7) is 8.41. The van der Waals surface area contributed by atoms with Crippen molar-refractivity contribution in [2.75, 3.05) is 6.61 Å². The topological polar surface area (TPSA) is 44.1 Å². The van der Waals surface area contributed by atoms with Gasteiger partial charge in [0.05, 0.1) is 22.3 Å². The molecule has 1 aromatic rings. The fourth-order valence-electron chi connectivity index (χ4n) is 2.39. The van der Waals surface area contributed by atoms with E-state index in [0.717, 1.165) is 15.9 Å². The molecule has 1 rings (SSSR count). The van der Waals surface area contributed by atoms with E-state index in [4.69, 9.17) is 4.74 Å². The zero-order chi connectivity index (χ0) is 14.6. The van der Waals surface area contributed by atoms with Crippen LogP contribution in [0.1, 0.15) is 45.0 Å². The van der Waals surface area contributed by atoms with Crippen LogP contribution in [0.25, 0.3) is 0 Å². The number of ether oxygens (including phenoxy) is 1. The largest absolute Gasteiger partial charge is 0.368 e. The second-order valence-corrected chi connectivity index (χ2v) is 5.50. The van der Waals surface area contributed by atoms with Crippen LogP contribution in [0.3, 0.4) is 0 Å². The van der Waals surface area contributed by atoms with Gasteiger partial charge >= 0.3 is 0 Å². The summed E-state index contributed by atoms with van der Waals surface area (Å²) in [5.74, 6) is 0.128. The summed E-state index contributed by atoms with van der Waals surface area (Å²) in [6.07, 6.45) is 1.74. The first-order valence-corrected chi connectivity index (χ1v) is 7.56. The molecule has 0 aliphatic carbocycles. The van der Waals surface area contributed by atoms with Crippen LogP contribution in [0.4, 0.5) is 0 Å². The van der Waals surface area contributed by atoms with Crippen LogP contribution in [-0.4, -0.2) is 27.8 Å². The van der Waals surface area contributed by atoms with Crippen LogP contribution in [-0.2, 0) is 23.0 Å². The molecule has 0 N–H and O–H groups in total. The van der Waals surface area contributed by atoms with E-state index in [9.17, 15) is 4.79 Å². The van der Waals surface area contributed by atoms with Crippen molar-refractivity contribution in [1.29, 1.82) is 0 Å². The average Bonchev–Trinajstić information content (AvgIpc) is 2.62. The fraction of sp³-hybridized carbons (Fsp3) is 0.714. The van der Waals surface area contributed by atoms with Crippen LogP contribution in [0.5, 0.6) is 0 Å². The lowest BCUT2D eigenvalue weighted by Crippen LogP contribution is -2.42. The Balaban J connectivity index is 3.00. The number of hydrogen-bond donors (Lipinski definition) is 0. The number of carbonyl (C=O) groups excluding carboxylic acids is 1. The molecule has 0 saturated carbocycles. The number of halogens is 1. The molecular weight excluding hydrogens is 308 g/mol. The van der Waals surface area contributed by atoms with Gasteiger partial charge in [-0.05, 0) is 42.6 Å². The molecule has 0 unspecified atom stereocenters. The molecule has 1 heterocycles. The quantitative estimate of drug-likeness (QED) is 0.771. The van der Waals surface area contributed by atoms with Gasteiger partial charge in [0.1, 0.15) is 5.60 Å². The first-order chi connectivity index (χ1) is 8.91. The van der Waals surface area contributed by atoms with Gasteiger partial charge in [0.25, 0.3) is 0 Å². The SMILES string of the molecule is CCOC(CC)(CC)C(=O)Cc1c(Br)c(C)nn1C. The number of aryl methyl sites for hydroxylation is 2. The Labute approximate surface area is 123 Å². The van der Waals surface area contributed by atoms with E-state index in [1.165, 1.54) is 0 Å². The Morgan fingerprint density at radius 2 is 1.95 bits per heavy atom. The molecule has 0 aliphatic heterocycles. The summed E-state index contributed by atoms with van der Waals surface area (Å²) >= 11 is 3.50. The van der Waals surface area contributed by atoms with Crippen molar-refractivity contribution >= 4 is 21.7 Å². The van der Waals surface area contributed by atoms with Gasteiger partial charge in [0.15, 0.2) is 5.78 Å². The summed E-state index contributed by atoms with van der Waals surface area (Å²) in [5.41, 5.74) is 1.15. The van der Waals surface area contributed by atoms with Gasteiger partial charge in [0, 0.05) is 13.7 Å². The van der Waals surface area contributed by atoms with Crippen molar-refractivity contribution in [1.82, 2.24) is 9.78 Å². The van der Waals surface area contributed by atoms with Crippen molar-refractivity contribution in [2.45, 2.75) is 52.6 Å². The molecule has 0 amide bonds. The minimum atomic E-state index is -0.660. The van der Waals surface area contributed by atoms with Gasteiger partial charge < -0.3 is 4.74 Å². The second kappa shape index (κ2) is 6.66. The maximum atomic E-state index is 12.6. The third-order valence-electron chi connectivity index (χ3n) is 3.66. The van der Waals surface area contributed by atoms with Crippen molar-refractivity contribution in [3.05, 3.63) is 15.9 Å². The molecule has 5 heteroatoms. The Morgan fingerprint density at radius 3 is 2.32 bits per heavy atom. The molecule has 0 radical (unpaired) electrons. The molecule has 0 aliphatic rings. The minimum Gasteiger partial charge on any atom is -0.368 e. The molecule has 0 atom stereocenters. The van der Waals surface area contributed by atoms with E-state index < -0.39 is 5.60 Å². The third-order valence-corrected chi connectivity index (χ3v) is 4.69. The second-order valence-electron chi connectivity index (χ2n) is 4.70. The smallest absolute Gasteiger partial charge is 0.170 e. The highest BCUT2D eigenvalue weighted by Gasteiger charge is 2.36. The van der Waals surface area contributed by atoms with Crippen molar-refractivity contribution < 1.29 is 9.53 Å². The zero-order valence-corrected chi connectivity index (χ0v) is 14.0. The molecule has 0 bridgehead atoms. The molecule has 4 nitrogen and oxygen atoms in total. The molecule has 0 spiro atoms. The van der Waals surface area contributed by atoms with E-state index in [0.29, 0.717) is 25.9 Å². The average molecular weight is 331 g/mol. The van der Waals surface area contributed by atoms with Crippen molar-refractivity contribution in [3.63, 3.8) is 0 Å². The van der Waals surface area contributed by atoms with E-state index in [1.54, 1.807) is 4.68 Å². The number of rotatable bonds is 7. The Hall–Kier alpha value is -0.680. The lowest BCUT2D eigenvalue weighted by Gasteiger charge is -2.30. The monoisotopic (exact) mass is 330 g/mol. The van der Waals surface area contributed by atoms with E-state index in [1.807, 2.05) is 34.7 Å². The maximum Gasteiger partial charge on any atom is 0.170 e. The molecular formula is C14H23BrN2O2. The standard InChI is InChI=1S/C14H23BrN2O2/c1-6-14(7-2,19-8-3)12(18)9-11-13(15)10(4)16-17(11)5/h6-9H2,1-5H3. The van der Waals surface area contributed by atoms with Crippen LogP contribution < -0.4 is 0 Å². The summed E-state index contributed by atoms with van der Waals surface area (Å²) in [7, 11) is 1.86. The van der Waals surface area contributed by atoms with Gasteiger partial charge in [0.2, 0.25) is 0 Å². The van der Waals surface area contributed by atoms with Crippen molar-refractivity contribution in [2.24, 2.45) is 7.05 Å². The predicted octanol–water partition coefficient (Wildman–Crippen LogP) is 3.20. The molecule has 1 aromatic heterocycles. The Morgan fingerprint density at radius 1 is 1.37 bits per heavy atom. The third kappa shape index (κ3) is 3.26. The van der Waals surface area contributed by atoms with E-state index >= 15 is 0 Å². The Bertz CT molecular complexity index is 451. The van der Waals surface area contributed by atoms with Gasteiger partial charge in [-0.3, -0.25) is 9.48 Å². The summed E-state index contributed by atoms with van der Waals surface area (Å²) in [4.78, 5) is 12.6. The number of ketones is 1. The van der Waals surface area contributed by atoms with Gasteiger partial charge in [-0.15, -0.1) is 0 Å². The number of nitrogens with zero attached hydrogens (tertiary/aromatic N) is 2. The van der Waals surface area contributed by atoms with Gasteiger partial charge in [-0.1, -0.05) is 13.8 Å². The summed E-state index contributed by atoms with van der Waals surface area (Å²) in [5, 5.41) is 4.32. The molecule has 19 heavy (non-hydrogen) atoms. The number of Topliss-reactive ketones (excluding diaryl/α,β-unsaturated/α-hetero) is 1. The number of aromatic nitrogens is 2. The van der Waals surface area contributed by atoms with E-state index in [2.05, 4.69) is 21.0 Å². The summed E-state index contributed by atoms with van der Waals surface area (Å²) in [6, 6.07) is 0. The minimum absolute atomic E-state index is 0.128. The highest BCUT2D eigenvalue weighted by Crippen LogP contribution is 2.27. The first kappa shape index (κ1) is 16.4. The predicted molar refractivity (Wildman–Crippen MR) is 79.3 cm³/mol. The lowest BCUT2D eigenvalue weighted by atomic mass is 9.89. The highest BCUT2D eigenvalue weighted by atomic mass is 79.9. The fourth-order valence-corrected chi connectivity index (χ4v) is 2.87. The van der Waals surface area contributed by atoms with Crippen molar-refractivity contribution in [3.8, 4) is 0 Å². The molecule has 0 aromatic carbocycles. The van der Waals surface area contributed by atoms with Crippen LogP contribution in [0.2, 0.25) is 0 Å². The highest BCUT2D eigenvalue weighted by molar-refractivity contribution is 9.10. The van der Waals surface area contributed by atoms with Crippen LogP contribution >= 0.6 is 15.9 Å². The molecule has 0 saturated heterocycles. The Kier molecular flexibility index (Phi) is 5.74. The lowest BCUT2D eigenvalue weighted by molar-refractivity contribution is -0.144. The van der Waals surface area contributed by atoms with Crippen LogP contribution in [0, 0.1) is 6.92 Å². The van der Waals surface area contributed by atoms with E-state index in [-0.39, 0.29) is 5.78 Å². The molecule has 108 valence electrons. The normalized spacial score (nSPS) is 11.9. The van der Waals surface area contributed by atoms with Crippen LogP contribution in [0.15, 0.2) is 4.47 Å². The van der Waals surface area contributed by atoms with Gasteiger partial charge in [-0.25, -0.2) is 0 Å². The zero-order valence-electron chi connectivity index (χ0n) is 12.4. The first-order valence-electron chi connectivity index (χ1n) is 6.77. The summed E-state index contributed by atoms with van der Waals surface area (Å²) < 4.78 is 8.43. The molecule has 0 fully saturated rings. The number of carbonyl (C=O) groups is 1. The maximum absolute atomic E-state index is 12.6. The van der Waals surface area contributed by atoms with Gasteiger partial charge in [-0.2, -0.15) is 5.10 Å². The number of hydrogen-bond acceptors (Lipinski definition) is 3.